The summed E-state index contributed by atoms with van der Waals surface area (Å²) >= 11 is 5.91. The molecule has 0 saturated carbocycles. The Balaban J connectivity index is 2.78. The van der Waals surface area contributed by atoms with E-state index >= 15 is 0 Å². The minimum Gasteiger partial charge on any atom is -0.491 e. The predicted molar refractivity (Wildman–Crippen MR) is 74.1 cm³/mol. The first-order chi connectivity index (χ1) is 8.52. The van der Waals surface area contributed by atoms with Crippen LogP contribution in [0, 0.1) is 0 Å². The average Bonchev–Trinajstić information content (AvgIpc) is 2.26. The van der Waals surface area contributed by atoms with Gasteiger partial charge in [-0.2, -0.15) is 0 Å². The molecule has 1 aromatic rings. The fraction of sp³-hybridized carbons (Fsp3) is 0.462. The van der Waals surface area contributed by atoms with Crippen molar-refractivity contribution in [2.75, 3.05) is 11.9 Å². The quantitative estimate of drug-likeness (QED) is 0.835. The predicted octanol–water partition coefficient (Wildman–Crippen LogP) is 2.80. The molecule has 0 bridgehead atoms. The van der Waals surface area contributed by atoms with E-state index in [4.69, 9.17) is 22.1 Å². The van der Waals surface area contributed by atoms with Crippen LogP contribution in [0.4, 0.5) is 5.69 Å². The molecule has 0 spiro atoms. The summed E-state index contributed by atoms with van der Waals surface area (Å²) < 4.78 is 5.54. The number of hydrogen-bond donors (Lipinski definition) is 2. The molecule has 1 unspecified atom stereocenters. The molecule has 1 amide bonds. The van der Waals surface area contributed by atoms with Gasteiger partial charge >= 0.3 is 0 Å². The van der Waals surface area contributed by atoms with Gasteiger partial charge in [0.05, 0.1) is 12.3 Å². The maximum Gasteiger partial charge on any atom is 0.226 e. The zero-order chi connectivity index (χ0) is 13.5. The van der Waals surface area contributed by atoms with E-state index in [1.165, 1.54) is 0 Å². The van der Waals surface area contributed by atoms with E-state index in [0.29, 0.717) is 23.1 Å². The van der Waals surface area contributed by atoms with Crippen molar-refractivity contribution in [2.24, 2.45) is 5.73 Å². The van der Waals surface area contributed by atoms with Crippen molar-refractivity contribution in [3.8, 4) is 5.75 Å². The third-order valence-electron chi connectivity index (χ3n) is 2.18. The Kier molecular flexibility index (Phi) is 5.95. The van der Waals surface area contributed by atoms with Gasteiger partial charge in [0.25, 0.3) is 0 Å². The topological polar surface area (TPSA) is 64.3 Å². The molecule has 0 aliphatic carbocycles. The fourth-order valence-corrected chi connectivity index (χ4v) is 1.60. The van der Waals surface area contributed by atoms with Crippen molar-refractivity contribution >= 4 is 23.2 Å². The normalized spacial score (nSPS) is 12.0. The number of hydrogen-bond acceptors (Lipinski definition) is 3. The van der Waals surface area contributed by atoms with Crippen LogP contribution in [0.3, 0.4) is 0 Å². The van der Waals surface area contributed by atoms with Gasteiger partial charge in [0, 0.05) is 17.5 Å². The molecule has 100 valence electrons. The number of amides is 1. The molecule has 0 heterocycles. The van der Waals surface area contributed by atoms with Crippen LogP contribution in [0.15, 0.2) is 18.2 Å². The summed E-state index contributed by atoms with van der Waals surface area (Å²) in [5.41, 5.74) is 6.16. The number of nitrogens with one attached hydrogen (secondary N) is 1. The monoisotopic (exact) mass is 270 g/mol. The molecule has 18 heavy (non-hydrogen) atoms. The molecule has 3 N–H and O–H groups in total. The highest BCUT2D eigenvalue weighted by Crippen LogP contribution is 2.28. The molecule has 5 heteroatoms. The molecule has 0 aliphatic rings. The van der Waals surface area contributed by atoms with Gasteiger partial charge in [-0.05, 0) is 31.5 Å². The van der Waals surface area contributed by atoms with Gasteiger partial charge in [0.15, 0.2) is 0 Å². The Morgan fingerprint density at radius 2 is 2.28 bits per heavy atom. The molecular formula is C13H19ClN2O2. The average molecular weight is 271 g/mol. The smallest absolute Gasteiger partial charge is 0.226 e. The van der Waals surface area contributed by atoms with Gasteiger partial charge in [-0.25, -0.2) is 0 Å². The zero-order valence-electron chi connectivity index (χ0n) is 10.7. The number of carbonyl (C=O) groups excluding carboxylic acids is 1. The highest BCUT2D eigenvalue weighted by Gasteiger charge is 2.10. The lowest BCUT2D eigenvalue weighted by Gasteiger charge is -2.13. The van der Waals surface area contributed by atoms with Crippen LogP contribution < -0.4 is 15.8 Å². The summed E-state index contributed by atoms with van der Waals surface area (Å²) in [6, 6.07) is 4.97. The Labute approximate surface area is 112 Å². The number of benzene rings is 1. The number of rotatable bonds is 6. The molecule has 0 aromatic heterocycles. The summed E-state index contributed by atoms with van der Waals surface area (Å²) in [7, 11) is 0. The van der Waals surface area contributed by atoms with E-state index in [2.05, 4.69) is 5.32 Å². The second-order valence-corrected chi connectivity index (χ2v) is 4.65. The lowest BCUT2D eigenvalue weighted by atomic mass is 10.2. The van der Waals surface area contributed by atoms with Gasteiger partial charge in [0.1, 0.15) is 5.75 Å². The van der Waals surface area contributed by atoms with Crippen molar-refractivity contribution in [1.29, 1.82) is 0 Å². The van der Waals surface area contributed by atoms with Crippen LogP contribution in [0.1, 0.15) is 26.7 Å². The van der Waals surface area contributed by atoms with Crippen molar-refractivity contribution in [3.63, 3.8) is 0 Å². The van der Waals surface area contributed by atoms with Crippen molar-refractivity contribution in [1.82, 2.24) is 0 Å². The first-order valence-electron chi connectivity index (χ1n) is 6.00. The summed E-state index contributed by atoms with van der Waals surface area (Å²) in [5.74, 6) is 0.480. The Morgan fingerprint density at radius 1 is 1.56 bits per heavy atom. The number of nitrogens with two attached hydrogens (primary N) is 1. The van der Waals surface area contributed by atoms with E-state index in [0.717, 1.165) is 6.42 Å². The third kappa shape index (κ3) is 4.94. The SMILES string of the molecule is CCCOc1ccc(Cl)cc1NC(=O)CC(C)N. The number of halogens is 1. The Morgan fingerprint density at radius 3 is 2.89 bits per heavy atom. The van der Waals surface area contributed by atoms with Crippen LogP contribution in [-0.4, -0.2) is 18.6 Å². The minimum atomic E-state index is -0.177. The van der Waals surface area contributed by atoms with E-state index in [1.807, 2.05) is 6.92 Å². The summed E-state index contributed by atoms with van der Waals surface area (Å²) in [5, 5.41) is 3.31. The van der Waals surface area contributed by atoms with Gasteiger partial charge in [-0.1, -0.05) is 18.5 Å². The van der Waals surface area contributed by atoms with E-state index in [-0.39, 0.29) is 18.4 Å². The van der Waals surface area contributed by atoms with Crippen LogP contribution in [0.25, 0.3) is 0 Å². The molecule has 0 saturated heterocycles. The highest BCUT2D eigenvalue weighted by atomic mass is 35.5. The highest BCUT2D eigenvalue weighted by molar-refractivity contribution is 6.31. The first kappa shape index (κ1) is 14.8. The Bertz CT molecular complexity index is 408. The molecule has 1 aromatic carbocycles. The van der Waals surface area contributed by atoms with Crippen LogP contribution >= 0.6 is 11.6 Å². The number of ether oxygens (including phenoxy) is 1. The molecule has 0 radical (unpaired) electrons. The maximum absolute atomic E-state index is 11.7. The van der Waals surface area contributed by atoms with Gasteiger partial charge in [-0.3, -0.25) is 4.79 Å². The van der Waals surface area contributed by atoms with Crippen molar-refractivity contribution < 1.29 is 9.53 Å². The molecule has 4 nitrogen and oxygen atoms in total. The van der Waals surface area contributed by atoms with E-state index in [1.54, 1.807) is 25.1 Å². The first-order valence-corrected chi connectivity index (χ1v) is 6.38. The van der Waals surface area contributed by atoms with Crippen LogP contribution in [0.2, 0.25) is 5.02 Å². The lowest BCUT2D eigenvalue weighted by Crippen LogP contribution is -2.24. The van der Waals surface area contributed by atoms with Crippen molar-refractivity contribution in [2.45, 2.75) is 32.7 Å². The minimum absolute atomic E-state index is 0.145. The second-order valence-electron chi connectivity index (χ2n) is 4.22. The van der Waals surface area contributed by atoms with Gasteiger partial charge < -0.3 is 15.8 Å². The third-order valence-corrected chi connectivity index (χ3v) is 2.42. The van der Waals surface area contributed by atoms with Crippen LogP contribution in [0.5, 0.6) is 5.75 Å². The van der Waals surface area contributed by atoms with Crippen molar-refractivity contribution in [3.05, 3.63) is 23.2 Å². The van der Waals surface area contributed by atoms with Gasteiger partial charge in [-0.15, -0.1) is 0 Å². The number of carbonyl (C=O) groups is 1. The molecule has 1 rings (SSSR count). The molecule has 0 fully saturated rings. The summed E-state index contributed by atoms with van der Waals surface area (Å²) in [6.45, 7) is 4.40. The summed E-state index contributed by atoms with van der Waals surface area (Å²) in [6.07, 6.45) is 1.16. The van der Waals surface area contributed by atoms with Crippen LogP contribution in [-0.2, 0) is 4.79 Å². The summed E-state index contributed by atoms with van der Waals surface area (Å²) in [4.78, 5) is 11.7. The van der Waals surface area contributed by atoms with E-state index in [9.17, 15) is 4.79 Å². The molecule has 0 aliphatic heterocycles. The zero-order valence-corrected chi connectivity index (χ0v) is 11.5. The Hall–Kier alpha value is -1.26. The molecular weight excluding hydrogens is 252 g/mol. The largest absolute Gasteiger partial charge is 0.491 e. The lowest BCUT2D eigenvalue weighted by molar-refractivity contribution is -0.116. The second kappa shape index (κ2) is 7.24. The fourth-order valence-electron chi connectivity index (χ4n) is 1.43. The standard InChI is InChI=1S/C13H19ClN2O2/c1-3-6-18-12-5-4-10(14)8-11(12)16-13(17)7-9(2)15/h4-5,8-9H,3,6-7,15H2,1-2H3,(H,16,17). The number of anilines is 1. The van der Waals surface area contributed by atoms with E-state index < -0.39 is 0 Å². The van der Waals surface area contributed by atoms with Gasteiger partial charge in [0.2, 0.25) is 5.91 Å². The maximum atomic E-state index is 11.7. The molecule has 1 atom stereocenters.